The van der Waals surface area contributed by atoms with E-state index in [4.69, 9.17) is 0 Å². The highest BCUT2D eigenvalue weighted by Crippen LogP contribution is 2.34. The molecule has 6 aromatic rings. The molecule has 0 saturated carbocycles. The van der Waals surface area contributed by atoms with Gasteiger partial charge in [-0.15, -0.1) is 10.2 Å². The van der Waals surface area contributed by atoms with Crippen molar-refractivity contribution in [3.05, 3.63) is 103 Å². The molecule has 0 aliphatic carbocycles. The van der Waals surface area contributed by atoms with Crippen LogP contribution in [0.4, 0.5) is 11.5 Å². The van der Waals surface area contributed by atoms with E-state index in [9.17, 15) is 0 Å². The van der Waals surface area contributed by atoms with Gasteiger partial charge in [0.05, 0.1) is 11.0 Å². The van der Waals surface area contributed by atoms with E-state index in [2.05, 4.69) is 74.0 Å². The van der Waals surface area contributed by atoms with E-state index < -0.39 is 0 Å². The zero-order chi connectivity index (χ0) is 22.0. The molecule has 0 radical (unpaired) electrons. The molecule has 3 aromatic carbocycles. The lowest BCUT2D eigenvalue weighted by Gasteiger charge is -2.12. The van der Waals surface area contributed by atoms with Gasteiger partial charge in [-0.3, -0.25) is 4.98 Å². The van der Waals surface area contributed by atoms with Gasteiger partial charge >= 0.3 is 0 Å². The fourth-order valence-corrected chi connectivity index (χ4v) is 4.82. The van der Waals surface area contributed by atoms with Crippen LogP contribution in [0.5, 0.6) is 0 Å². The molecule has 3 heterocycles. The Kier molecular flexibility index (Phi) is 4.97. The second kappa shape index (κ2) is 8.41. The molecule has 6 rings (SSSR count). The van der Waals surface area contributed by atoms with Crippen molar-refractivity contribution in [2.75, 3.05) is 5.32 Å². The summed E-state index contributed by atoms with van der Waals surface area (Å²) in [5.74, 6) is 0.743. The molecule has 0 fully saturated rings. The van der Waals surface area contributed by atoms with Crippen LogP contribution in [0.1, 0.15) is 0 Å². The zero-order valence-electron chi connectivity index (χ0n) is 17.6. The third-order valence-electron chi connectivity index (χ3n) is 5.49. The van der Waals surface area contributed by atoms with Crippen LogP contribution in [0, 0.1) is 0 Å². The number of pyridine rings is 1. The van der Waals surface area contributed by atoms with Crippen molar-refractivity contribution in [2.24, 2.45) is 0 Å². The van der Waals surface area contributed by atoms with Gasteiger partial charge in [-0.25, -0.2) is 0 Å². The molecule has 0 saturated heterocycles. The molecule has 5 nitrogen and oxygen atoms in total. The first kappa shape index (κ1) is 19.5. The monoisotopic (exact) mass is 445 g/mol. The van der Waals surface area contributed by atoms with E-state index in [1.165, 1.54) is 0 Å². The van der Waals surface area contributed by atoms with E-state index in [1.54, 1.807) is 11.8 Å². The lowest BCUT2D eigenvalue weighted by atomic mass is 10.0. The van der Waals surface area contributed by atoms with Crippen molar-refractivity contribution in [3.63, 3.8) is 0 Å². The van der Waals surface area contributed by atoms with E-state index in [-0.39, 0.29) is 0 Å². The summed E-state index contributed by atoms with van der Waals surface area (Å²) < 4.78 is 0. The molecular formula is C27H19N5S. The minimum atomic E-state index is 0.743. The second-order valence-corrected chi connectivity index (χ2v) is 8.72. The maximum absolute atomic E-state index is 4.54. The summed E-state index contributed by atoms with van der Waals surface area (Å²) in [5.41, 5.74) is 4.94. The molecule has 0 atom stereocenters. The number of nitrogens with one attached hydrogen (secondary N) is 2. The molecule has 0 aliphatic heterocycles. The van der Waals surface area contributed by atoms with E-state index in [0.29, 0.717) is 0 Å². The van der Waals surface area contributed by atoms with Crippen LogP contribution in [-0.2, 0) is 0 Å². The molecule has 0 unspecified atom stereocenters. The highest BCUT2D eigenvalue weighted by Gasteiger charge is 2.11. The Hall–Kier alpha value is -4.16. The zero-order valence-corrected chi connectivity index (χ0v) is 18.4. The summed E-state index contributed by atoms with van der Waals surface area (Å²) >= 11 is 1.71. The molecule has 0 bridgehead atoms. The third kappa shape index (κ3) is 3.81. The maximum Gasteiger partial charge on any atom is 0.161 e. The van der Waals surface area contributed by atoms with Gasteiger partial charge < -0.3 is 10.3 Å². The number of aromatic amines is 1. The molecule has 6 heteroatoms. The van der Waals surface area contributed by atoms with Crippen molar-refractivity contribution >= 4 is 45.1 Å². The maximum atomic E-state index is 4.54. The van der Waals surface area contributed by atoms with E-state index in [0.717, 1.165) is 54.4 Å². The van der Waals surface area contributed by atoms with Gasteiger partial charge in [-0.05, 0) is 36.4 Å². The van der Waals surface area contributed by atoms with Crippen molar-refractivity contribution in [1.82, 2.24) is 20.2 Å². The number of fused-ring (bicyclic) bond motifs is 2. The third-order valence-corrected chi connectivity index (χ3v) is 6.56. The fraction of sp³-hybridized carbons (Fsp3) is 0. The van der Waals surface area contributed by atoms with Crippen molar-refractivity contribution in [2.45, 2.75) is 9.79 Å². The lowest BCUT2D eigenvalue weighted by Crippen LogP contribution is -1.99. The fourth-order valence-electron chi connectivity index (χ4n) is 3.90. The SMILES string of the molecule is c1ccc(-c2nnc(Nc3ccc(Sc4ccnc5cc[nH]c45)cc3)c3ccccc23)cc1. The van der Waals surface area contributed by atoms with Crippen molar-refractivity contribution < 1.29 is 0 Å². The predicted octanol–water partition coefficient (Wildman–Crippen LogP) is 7.07. The van der Waals surface area contributed by atoms with Crippen LogP contribution in [0.3, 0.4) is 0 Å². The van der Waals surface area contributed by atoms with E-state index in [1.807, 2.05) is 54.9 Å². The molecule has 158 valence electrons. The normalized spacial score (nSPS) is 11.2. The standard InChI is InChI=1S/C27H19N5S/c1-2-6-18(7-3-1)25-21-8-4-5-9-22(21)27(32-31-25)30-19-10-12-20(13-11-19)33-24-15-17-28-23-14-16-29-26(23)24/h1-17,29H,(H,30,32). The Morgan fingerprint density at radius 1 is 0.727 bits per heavy atom. The van der Waals surface area contributed by atoms with Gasteiger partial charge in [0, 0.05) is 44.2 Å². The second-order valence-electron chi connectivity index (χ2n) is 7.61. The number of hydrogen-bond donors (Lipinski definition) is 2. The summed E-state index contributed by atoms with van der Waals surface area (Å²) in [6.45, 7) is 0. The highest BCUT2D eigenvalue weighted by atomic mass is 32.2. The average Bonchev–Trinajstić information content (AvgIpc) is 3.36. The minimum absolute atomic E-state index is 0.743. The van der Waals surface area contributed by atoms with Crippen LogP contribution in [0.2, 0.25) is 0 Å². The quantitative estimate of drug-likeness (QED) is 0.297. The van der Waals surface area contributed by atoms with Gasteiger partial charge in [0.25, 0.3) is 0 Å². The largest absolute Gasteiger partial charge is 0.359 e. The number of benzene rings is 3. The lowest BCUT2D eigenvalue weighted by molar-refractivity contribution is 1.06. The van der Waals surface area contributed by atoms with Crippen molar-refractivity contribution in [3.8, 4) is 11.3 Å². The number of nitrogens with zero attached hydrogens (tertiary/aromatic N) is 3. The van der Waals surface area contributed by atoms with E-state index >= 15 is 0 Å². The van der Waals surface area contributed by atoms with Crippen LogP contribution >= 0.6 is 11.8 Å². The molecule has 0 amide bonds. The molecule has 2 N–H and O–H groups in total. The summed E-state index contributed by atoms with van der Waals surface area (Å²) in [6.07, 6.45) is 3.76. The summed E-state index contributed by atoms with van der Waals surface area (Å²) in [4.78, 5) is 9.97. The topological polar surface area (TPSA) is 66.5 Å². The Balaban J connectivity index is 1.28. The number of anilines is 2. The van der Waals surface area contributed by atoms with Crippen LogP contribution in [-0.4, -0.2) is 20.2 Å². The first-order valence-electron chi connectivity index (χ1n) is 10.6. The van der Waals surface area contributed by atoms with Gasteiger partial charge in [0.2, 0.25) is 0 Å². The van der Waals surface area contributed by atoms with Crippen LogP contribution in [0.15, 0.2) is 113 Å². The van der Waals surface area contributed by atoms with Gasteiger partial charge in [0.1, 0.15) is 5.69 Å². The Bertz CT molecular complexity index is 1560. The first-order chi connectivity index (χ1) is 16.3. The summed E-state index contributed by atoms with van der Waals surface area (Å²) in [6, 6.07) is 30.8. The smallest absolute Gasteiger partial charge is 0.161 e. The molecular weight excluding hydrogens is 426 g/mol. The molecule has 0 spiro atoms. The highest BCUT2D eigenvalue weighted by molar-refractivity contribution is 7.99. The molecule has 33 heavy (non-hydrogen) atoms. The number of H-pyrrole nitrogens is 1. The Labute approximate surface area is 194 Å². The first-order valence-corrected chi connectivity index (χ1v) is 11.4. The predicted molar refractivity (Wildman–Crippen MR) is 135 cm³/mol. The number of aromatic nitrogens is 4. The average molecular weight is 446 g/mol. The molecule has 3 aromatic heterocycles. The number of hydrogen-bond acceptors (Lipinski definition) is 5. The van der Waals surface area contributed by atoms with Crippen molar-refractivity contribution in [1.29, 1.82) is 0 Å². The van der Waals surface area contributed by atoms with Gasteiger partial charge in [-0.1, -0.05) is 66.4 Å². The Morgan fingerprint density at radius 3 is 2.36 bits per heavy atom. The Morgan fingerprint density at radius 2 is 1.52 bits per heavy atom. The van der Waals surface area contributed by atoms with Crippen LogP contribution in [0.25, 0.3) is 33.1 Å². The number of rotatable bonds is 5. The molecule has 0 aliphatic rings. The summed E-state index contributed by atoms with van der Waals surface area (Å²) in [7, 11) is 0. The van der Waals surface area contributed by atoms with Gasteiger partial charge in [-0.2, -0.15) is 0 Å². The minimum Gasteiger partial charge on any atom is -0.359 e. The van der Waals surface area contributed by atoms with Crippen LogP contribution < -0.4 is 5.32 Å². The van der Waals surface area contributed by atoms with Gasteiger partial charge in [0.15, 0.2) is 5.82 Å². The summed E-state index contributed by atoms with van der Waals surface area (Å²) in [5, 5.41) is 14.6.